The van der Waals surface area contributed by atoms with Crippen LogP contribution in [0.5, 0.6) is 5.75 Å². The number of ether oxygens (including phenoxy) is 1. The molecule has 0 saturated heterocycles. The first-order valence-electron chi connectivity index (χ1n) is 10.1. The van der Waals surface area contributed by atoms with Crippen LogP contribution in [0.2, 0.25) is 0 Å². The molecule has 2 aromatic heterocycles. The quantitative estimate of drug-likeness (QED) is 0.430. The maximum atomic E-state index is 13.1. The molecule has 4 rings (SSSR count). The summed E-state index contributed by atoms with van der Waals surface area (Å²) in [5.74, 6) is 1.21. The van der Waals surface area contributed by atoms with Crippen molar-refractivity contribution in [3.63, 3.8) is 0 Å². The Balaban J connectivity index is 1.90. The Hall–Kier alpha value is -3.19. The van der Waals surface area contributed by atoms with E-state index in [1.165, 1.54) is 6.07 Å². The van der Waals surface area contributed by atoms with Crippen LogP contribution >= 0.6 is 0 Å². The van der Waals surface area contributed by atoms with Crippen LogP contribution in [0, 0.1) is 0 Å². The first-order chi connectivity index (χ1) is 14.7. The second-order valence-electron chi connectivity index (χ2n) is 7.32. The number of fused-ring (bicyclic) bond motifs is 2. The van der Waals surface area contributed by atoms with Crippen molar-refractivity contribution in [2.45, 2.75) is 31.8 Å². The molecular weight excluding hydrogens is 383 g/mol. The Kier molecular flexibility index (Phi) is 5.81. The number of H-pyrrole nitrogens is 1. The highest BCUT2D eigenvalue weighted by Crippen LogP contribution is 2.30. The normalized spacial score (nSPS) is 12.5. The third-order valence-corrected chi connectivity index (χ3v) is 5.43. The van der Waals surface area contributed by atoms with Gasteiger partial charge in [0, 0.05) is 18.0 Å². The SMILES string of the molecule is COc1cc(=O)n(C(CCCCF)c2nc3cc(CN)ccc3[nH]2)c2ccccc12. The summed E-state index contributed by atoms with van der Waals surface area (Å²) < 4.78 is 20.0. The molecule has 1 atom stereocenters. The number of aromatic nitrogens is 3. The maximum Gasteiger partial charge on any atom is 0.255 e. The van der Waals surface area contributed by atoms with E-state index in [0.717, 1.165) is 27.5 Å². The Labute approximate surface area is 173 Å². The third kappa shape index (κ3) is 3.68. The van der Waals surface area contributed by atoms with Crippen molar-refractivity contribution in [3.05, 3.63) is 70.3 Å². The van der Waals surface area contributed by atoms with Crippen molar-refractivity contribution in [3.8, 4) is 5.75 Å². The molecule has 3 N–H and O–H groups in total. The Morgan fingerprint density at radius 2 is 2.03 bits per heavy atom. The van der Waals surface area contributed by atoms with E-state index in [4.69, 9.17) is 15.5 Å². The predicted octanol–water partition coefficient (Wildman–Crippen LogP) is 4.07. The van der Waals surface area contributed by atoms with Gasteiger partial charge in [-0.2, -0.15) is 0 Å². The van der Waals surface area contributed by atoms with Crippen molar-refractivity contribution >= 4 is 21.9 Å². The molecule has 4 aromatic rings. The number of unbranched alkanes of at least 4 members (excludes halogenated alkanes) is 1. The number of para-hydroxylation sites is 1. The highest BCUT2D eigenvalue weighted by atomic mass is 19.1. The fourth-order valence-corrected chi connectivity index (χ4v) is 3.94. The molecular formula is C23H25FN4O2. The minimum absolute atomic E-state index is 0.182. The molecule has 0 aliphatic carbocycles. The van der Waals surface area contributed by atoms with Crippen molar-refractivity contribution in [1.82, 2.24) is 14.5 Å². The number of nitrogens with one attached hydrogen (secondary N) is 1. The third-order valence-electron chi connectivity index (χ3n) is 5.43. The predicted molar refractivity (Wildman–Crippen MR) is 117 cm³/mol. The molecule has 0 spiro atoms. The van der Waals surface area contributed by atoms with Gasteiger partial charge in [0.2, 0.25) is 0 Å². The molecule has 0 aliphatic rings. The summed E-state index contributed by atoms with van der Waals surface area (Å²) in [5.41, 5.74) is 9.00. The zero-order chi connectivity index (χ0) is 21.1. The summed E-state index contributed by atoms with van der Waals surface area (Å²) in [5, 5.41) is 0.844. The largest absolute Gasteiger partial charge is 0.496 e. The molecule has 1 unspecified atom stereocenters. The Bertz CT molecular complexity index is 1230. The van der Waals surface area contributed by atoms with E-state index in [0.29, 0.717) is 37.4 Å². The number of alkyl halides is 1. The number of imidazole rings is 1. The molecule has 2 heterocycles. The molecule has 0 bridgehead atoms. The summed E-state index contributed by atoms with van der Waals surface area (Å²) >= 11 is 0. The van der Waals surface area contributed by atoms with Gasteiger partial charge < -0.3 is 15.5 Å². The van der Waals surface area contributed by atoms with Crippen LogP contribution in [0.15, 0.2) is 53.3 Å². The number of hydrogen-bond acceptors (Lipinski definition) is 4. The van der Waals surface area contributed by atoms with Crippen LogP contribution in [0.3, 0.4) is 0 Å². The van der Waals surface area contributed by atoms with Gasteiger partial charge in [-0.05, 0) is 49.1 Å². The average Bonchev–Trinajstić information content (AvgIpc) is 3.20. The number of pyridine rings is 1. The van der Waals surface area contributed by atoms with E-state index in [-0.39, 0.29) is 18.3 Å². The van der Waals surface area contributed by atoms with Crippen molar-refractivity contribution < 1.29 is 9.13 Å². The monoisotopic (exact) mass is 408 g/mol. The van der Waals surface area contributed by atoms with Crippen molar-refractivity contribution in [1.29, 1.82) is 0 Å². The average molecular weight is 408 g/mol. The van der Waals surface area contributed by atoms with Gasteiger partial charge in [-0.1, -0.05) is 18.2 Å². The van der Waals surface area contributed by atoms with Crippen molar-refractivity contribution in [2.75, 3.05) is 13.8 Å². The molecule has 0 saturated carbocycles. The lowest BCUT2D eigenvalue weighted by molar-refractivity contribution is 0.412. The minimum atomic E-state index is -0.384. The number of methoxy groups -OCH3 is 1. The molecule has 7 heteroatoms. The van der Waals surface area contributed by atoms with Crippen LogP contribution in [0.4, 0.5) is 4.39 Å². The maximum absolute atomic E-state index is 13.1. The summed E-state index contributed by atoms with van der Waals surface area (Å²) in [4.78, 5) is 21.3. The van der Waals surface area contributed by atoms with Crippen LogP contribution in [-0.4, -0.2) is 28.3 Å². The lowest BCUT2D eigenvalue weighted by Gasteiger charge is -2.21. The van der Waals surface area contributed by atoms with E-state index < -0.39 is 0 Å². The van der Waals surface area contributed by atoms with E-state index in [2.05, 4.69) is 4.98 Å². The minimum Gasteiger partial charge on any atom is -0.496 e. The van der Waals surface area contributed by atoms with Gasteiger partial charge in [-0.15, -0.1) is 0 Å². The Morgan fingerprint density at radius 3 is 2.80 bits per heavy atom. The number of nitrogens with zero attached hydrogens (tertiary/aromatic N) is 2. The zero-order valence-electron chi connectivity index (χ0n) is 16.9. The summed E-state index contributed by atoms with van der Waals surface area (Å²) in [6.45, 7) is 0.0472. The van der Waals surface area contributed by atoms with Gasteiger partial charge in [0.15, 0.2) is 0 Å². The van der Waals surface area contributed by atoms with Crippen LogP contribution in [-0.2, 0) is 6.54 Å². The summed E-state index contributed by atoms with van der Waals surface area (Å²) in [6, 6.07) is 14.6. The highest BCUT2D eigenvalue weighted by Gasteiger charge is 2.22. The first kappa shape index (κ1) is 20.1. The van der Waals surface area contributed by atoms with Gasteiger partial charge in [0.05, 0.1) is 36.4 Å². The fourth-order valence-electron chi connectivity index (χ4n) is 3.94. The standard InChI is InChI=1S/C23H25FN4O2/c1-30-21-13-22(29)28(19-7-3-2-6-16(19)21)20(8-4-5-11-24)23-26-17-10-9-15(14-25)12-18(17)27-23/h2-3,6-7,9-10,12-13,20H,4-5,8,11,14,25H2,1H3,(H,26,27). The molecule has 0 radical (unpaired) electrons. The number of benzene rings is 2. The van der Waals surface area contributed by atoms with Gasteiger partial charge in [-0.3, -0.25) is 13.8 Å². The Morgan fingerprint density at radius 1 is 1.20 bits per heavy atom. The lowest BCUT2D eigenvalue weighted by Crippen LogP contribution is -2.26. The zero-order valence-corrected chi connectivity index (χ0v) is 16.9. The lowest BCUT2D eigenvalue weighted by atomic mass is 10.1. The second kappa shape index (κ2) is 8.67. The highest BCUT2D eigenvalue weighted by molar-refractivity contribution is 5.85. The first-order valence-corrected chi connectivity index (χ1v) is 10.1. The topological polar surface area (TPSA) is 85.9 Å². The molecule has 30 heavy (non-hydrogen) atoms. The molecule has 156 valence electrons. The molecule has 0 fully saturated rings. The van der Waals surface area contributed by atoms with Crippen LogP contribution in [0.1, 0.15) is 36.7 Å². The fraction of sp³-hybridized carbons (Fsp3) is 0.304. The van der Waals surface area contributed by atoms with E-state index >= 15 is 0 Å². The second-order valence-corrected chi connectivity index (χ2v) is 7.32. The van der Waals surface area contributed by atoms with Crippen molar-refractivity contribution in [2.24, 2.45) is 5.73 Å². The number of halogens is 1. The number of rotatable bonds is 8. The van der Waals surface area contributed by atoms with E-state index in [9.17, 15) is 9.18 Å². The van der Waals surface area contributed by atoms with Gasteiger partial charge in [-0.25, -0.2) is 4.98 Å². The van der Waals surface area contributed by atoms with Gasteiger partial charge in [0.1, 0.15) is 11.6 Å². The number of hydrogen-bond donors (Lipinski definition) is 2. The van der Waals surface area contributed by atoms with E-state index in [1.807, 2.05) is 42.5 Å². The molecule has 0 amide bonds. The summed E-state index contributed by atoms with van der Waals surface area (Å²) in [7, 11) is 1.55. The van der Waals surface area contributed by atoms with E-state index in [1.54, 1.807) is 11.7 Å². The van der Waals surface area contributed by atoms with Crippen LogP contribution < -0.4 is 16.0 Å². The number of nitrogens with two attached hydrogens (primary N) is 1. The summed E-state index contributed by atoms with van der Waals surface area (Å²) in [6.07, 6.45) is 1.67. The molecule has 0 aliphatic heterocycles. The van der Waals surface area contributed by atoms with Gasteiger partial charge in [0.25, 0.3) is 5.56 Å². The van der Waals surface area contributed by atoms with Gasteiger partial charge >= 0.3 is 0 Å². The number of aromatic amines is 1. The molecule has 2 aromatic carbocycles. The molecule has 6 nitrogen and oxygen atoms in total. The van der Waals surface area contributed by atoms with Crippen LogP contribution in [0.25, 0.3) is 21.9 Å². The smallest absolute Gasteiger partial charge is 0.255 e.